The third-order valence-electron chi connectivity index (χ3n) is 5.75. The number of fused-ring (bicyclic) bond motifs is 4. The number of hydrogen-bond acceptors (Lipinski definition) is 4. The van der Waals surface area contributed by atoms with Crippen molar-refractivity contribution >= 4 is 34.4 Å². The van der Waals surface area contributed by atoms with Crippen LogP contribution in [0, 0.1) is 0 Å². The molecule has 1 atom stereocenters. The van der Waals surface area contributed by atoms with E-state index in [1.54, 1.807) is 27.8 Å². The van der Waals surface area contributed by atoms with Gasteiger partial charge < -0.3 is 4.90 Å². The number of carbonyl (C=O) groups is 3. The number of amides is 3. The fourth-order valence-electron chi connectivity index (χ4n) is 4.30. The number of nitrogens with zero attached hydrogens (tertiary/aromatic N) is 4. The van der Waals surface area contributed by atoms with Gasteiger partial charge in [-0.1, -0.05) is 24.3 Å². The highest BCUT2D eigenvalue weighted by atomic mass is 16.2. The first-order chi connectivity index (χ1) is 14.0. The second kappa shape index (κ2) is 6.16. The maximum absolute atomic E-state index is 13.2. The van der Waals surface area contributed by atoms with Crippen LogP contribution >= 0.6 is 0 Å². The summed E-state index contributed by atoms with van der Waals surface area (Å²) >= 11 is 0. The number of rotatable bonds is 3. The first-order valence-corrected chi connectivity index (χ1v) is 9.45. The molecule has 0 saturated carbocycles. The van der Waals surface area contributed by atoms with E-state index in [2.05, 4.69) is 10.4 Å². The van der Waals surface area contributed by atoms with Crippen LogP contribution in [0.1, 0.15) is 30.1 Å². The molecule has 8 nitrogen and oxygen atoms in total. The van der Waals surface area contributed by atoms with E-state index in [1.807, 2.05) is 37.3 Å². The highest BCUT2D eigenvalue weighted by Crippen LogP contribution is 2.43. The Kier molecular flexibility index (Phi) is 3.70. The molecule has 0 aliphatic carbocycles. The van der Waals surface area contributed by atoms with Gasteiger partial charge in [-0.2, -0.15) is 0 Å². The van der Waals surface area contributed by atoms with Crippen molar-refractivity contribution in [2.45, 2.75) is 25.4 Å². The van der Waals surface area contributed by atoms with Crippen molar-refractivity contribution in [2.24, 2.45) is 0 Å². The standard InChI is InChI=1S/C21H19N5O3/c1-21-11-10-19(28)26(21)16-8-4-2-6-14(16)20(29)24(21)12-18(27)23-25-13-22-15-7-3-5-9-17(15)25/h2-9,13H,10-12H2,1H3,(H,23,27). The van der Waals surface area contributed by atoms with Crippen LogP contribution < -0.4 is 10.3 Å². The quantitative estimate of drug-likeness (QED) is 0.743. The summed E-state index contributed by atoms with van der Waals surface area (Å²) in [4.78, 5) is 46.0. The average molecular weight is 389 g/mol. The Morgan fingerprint density at radius 3 is 2.76 bits per heavy atom. The van der Waals surface area contributed by atoms with Crippen LogP contribution in [0.25, 0.3) is 11.0 Å². The Labute approximate surface area is 166 Å². The van der Waals surface area contributed by atoms with Crippen molar-refractivity contribution < 1.29 is 14.4 Å². The van der Waals surface area contributed by atoms with Crippen LogP contribution in [0.3, 0.4) is 0 Å². The van der Waals surface area contributed by atoms with Crippen molar-refractivity contribution in [1.82, 2.24) is 14.6 Å². The lowest BCUT2D eigenvalue weighted by Gasteiger charge is -2.48. The van der Waals surface area contributed by atoms with Crippen LogP contribution in [-0.4, -0.2) is 44.5 Å². The van der Waals surface area contributed by atoms with Gasteiger partial charge in [-0.15, -0.1) is 0 Å². The summed E-state index contributed by atoms with van der Waals surface area (Å²) in [6, 6.07) is 14.5. The summed E-state index contributed by atoms with van der Waals surface area (Å²) < 4.78 is 1.54. The van der Waals surface area contributed by atoms with Crippen LogP contribution in [0.4, 0.5) is 5.69 Å². The summed E-state index contributed by atoms with van der Waals surface area (Å²) in [6.45, 7) is 1.67. The van der Waals surface area contributed by atoms with Crippen molar-refractivity contribution in [1.29, 1.82) is 0 Å². The summed E-state index contributed by atoms with van der Waals surface area (Å²) in [5.74, 6) is -0.653. The number of imidazole rings is 1. The minimum atomic E-state index is -0.864. The Morgan fingerprint density at radius 1 is 1.14 bits per heavy atom. The molecule has 29 heavy (non-hydrogen) atoms. The normalized spacial score (nSPS) is 20.7. The van der Waals surface area contributed by atoms with Gasteiger partial charge in [0.2, 0.25) is 5.91 Å². The van der Waals surface area contributed by atoms with E-state index in [9.17, 15) is 14.4 Å². The fraction of sp³-hybridized carbons (Fsp3) is 0.238. The van der Waals surface area contributed by atoms with Gasteiger partial charge in [0, 0.05) is 6.42 Å². The molecule has 3 amide bonds. The van der Waals surface area contributed by atoms with Crippen molar-refractivity contribution in [3.8, 4) is 0 Å². The zero-order valence-electron chi connectivity index (χ0n) is 15.8. The first-order valence-electron chi connectivity index (χ1n) is 9.45. The van der Waals surface area contributed by atoms with Gasteiger partial charge in [-0.3, -0.25) is 24.7 Å². The number of anilines is 1. The van der Waals surface area contributed by atoms with Gasteiger partial charge in [0.25, 0.3) is 11.8 Å². The summed E-state index contributed by atoms with van der Waals surface area (Å²) in [7, 11) is 0. The van der Waals surface area contributed by atoms with E-state index < -0.39 is 5.66 Å². The molecule has 8 heteroatoms. The lowest BCUT2D eigenvalue weighted by Crippen LogP contribution is -2.63. The number of para-hydroxylation sites is 3. The maximum atomic E-state index is 13.2. The smallest absolute Gasteiger partial charge is 0.258 e. The molecular weight excluding hydrogens is 370 g/mol. The molecule has 146 valence electrons. The van der Waals surface area contributed by atoms with E-state index in [0.29, 0.717) is 24.1 Å². The van der Waals surface area contributed by atoms with Gasteiger partial charge in [-0.25, -0.2) is 9.66 Å². The van der Waals surface area contributed by atoms with Gasteiger partial charge in [0.1, 0.15) is 18.5 Å². The van der Waals surface area contributed by atoms with Crippen LogP contribution in [-0.2, 0) is 9.59 Å². The van der Waals surface area contributed by atoms with Crippen molar-refractivity contribution in [3.63, 3.8) is 0 Å². The molecule has 1 unspecified atom stereocenters. The number of hydrogen-bond donors (Lipinski definition) is 1. The number of carbonyl (C=O) groups excluding carboxylic acids is 3. The largest absolute Gasteiger partial charge is 0.306 e. The third kappa shape index (κ3) is 2.52. The zero-order chi connectivity index (χ0) is 20.2. The minimum Gasteiger partial charge on any atom is -0.306 e. The maximum Gasteiger partial charge on any atom is 0.258 e. The molecule has 1 saturated heterocycles. The lowest BCUT2D eigenvalue weighted by molar-refractivity contribution is -0.120. The molecule has 1 aromatic heterocycles. The molecule has 2 aromatic carbocycles. The number of aromatic nitrogens is 2. The Morgan fingerprint density at radius 2 is 1.90 bits per heavy atom. The third-order valence-corrected chi connectivity index (χ3v) is 5.75. The SMILES string of the molecule is CC12CCC(=O)N1c1ccccc1C(=O)N2CC(=O)Nn1cnc2ccccc21. The van der Waals surface area contributed by atoms with Crippen molar-refractivity contribution in [3.05, 3.63) is 60.4 Å². The summed E-state index contributed by atoms with van der Waals surface area (Å²) in [5, 5.41) is 0. The predicted molar refractivity (Wildman–Crippen MR) is 107 cm³/mol. The molecule has 2 aliphatic rings. The molecule has 3 heterocycles. The zero-order valence-corrected chi connectivity index (χ0v) is 15.8. The predicted octanol–water partition coefficient (Wildman–Crippen LogP) is 2.11. The summed E-state index contributed by atoms with van der Waals surface area (Å²) in [5.41, 5.74) is 4.48. The Bertz CT molecular complexity index is 1170. The van der Waals surface area contributed by atoms with E-state index in [1.165, 1.54) is 11.2 Å². The van der Waals surface area contributed by atoms with Gasteiger partial charge in [0.05, 0.1) is 22.3 Å². The highest BCUT2D eigenvalue weighted by molar-refractivity contribution is 6.11. The second-order valence-electron chi connectivity index (χ2n) is 7.49. The van der Waals surface area contributed by atoms with E-state index >= 15 is 0 Å². The summed E-state index contributed by atoms with van der Waals surface area (Å²) in [6.07, 6.45) is 2.35. The molecule has 2 aliphatic heterocycles. The Balaban J connectivity index is 1.46. The molecule has 1 N–H and O–H groups in total. The molecule has 0 spiro atoms. The molecular formula is C21H19N5O3. The van der Waals surface area contributed by atoms with Gasteiger partial charge >= 0.3 is 0 Å². The van der Waals surface area contributed by atoms with Crippen LogP contribution in [0.15, 0.2) is 54.9 Å². The van der Waals surface area contributed by atoms with Crippen LogP contribution in [0.2, 0.25) is 0 Å². The molecule has 0 radical (unpaired) electrons. The van der Waals surface area contributed by atoms with E-state index in [4.69, 9.17) is 0 Å². The van der Waals surface area contributed by atoms with Crippen molar-refractivity contribution in [2.75, 3.05) is 16.9 Å². The minimum absolute atomic E-state index is 0.0431. The number of benzene rings is 2. The van der Waals surface area contributed by atoms with E-state index in [-0.39, 0.29) is 24.3 Å². The molecule has 3 aromatic rings. The average Bonchev–Trinajstić information content (AvgIpc) is 3.26. The van der Waals surface area contributed by atoms with Gasteiger partial charge in [0.15, 0.2) is 0 Å². The van der Waals surface area contributed by atoms with Gasteiger partial charge in [-0.05, 0) is 37.6 Å². The Hall–Kier alpha value is -3.68. The highest BCUT2D eigenvalue weighted by Gasteiger charge is 2.53. The first kappa shape index (κ1) is 17.4. The lowest BCUT2D eigenvalue weighted by atomic mass is 9.98. The fourth-order valence-corrected chi connectivity index (χ4v) is 4.30. The van der Waals surface area contributed by atoms with Crippen LogP contribution in [0.5, 0.6) is 0 Å². The second-order valence-corrected chi connectivity index (χ2v) is 7.49. The molecule has 5 rings (SSSR count). The number of nitrogens with one attached hydrogen (secondary N) is 1. The van der Waals surface area contributed by atoms with E-state index in [0.717, 1.165) is 11.0 Å². The molecule has 1 fully saturated rings. The topological polar surface area (TPSA) is 87.5 Å². The monoisotopic (exact) mass is 389 g/mol. The molecule has 0 bridgehead atoms.